The lowest BCUT2D eigenvalue weighted by molar-refractivity contribution is -0.131. The molecule has 22 heavy (non-hydrogen) atoms. The molecular weight excluding hydrogens is 296 g/mol. The first-order valence-electron chi connectivity index (χ1n) is 6.21. The molecule has 0 saturated heterocycles. The van der Waals surface area contributed by atoms with Gasteiger partial charge in [0.1, 0.15) is 0 Å². The number of aliphatic carboxylic acids is 1. The zero-order chi connectivity index (χ0) is 15.7. The molecule has 5 nitrogen and oxygen atoms in total. The van der Waals surface area contributed by atoms with Crippen LogP contribution in [0.15, 0.2) is 41.1 Å². The van der Waals surface area contributed by atoms with Gasteiger partial charge in [-0.05, 0) is 23.8 Å². The highest BCUT2D eigenvalue weighted by molar-refractivity contribution is 6.11. The summed E-state index contributed by atoms with van der Waals surface area (Å²) in [6, 6.07) is 4.46. The van der Waals surface area contributed by atoms with E-state index in [1.807, 2.05) is 0 Å². The van der Waals surface area contributed by atoms with Gasteiger partial charge in [-0.15, -0.1) is 0 Å². The van der Waals surface area contributed by atoms with E-state index in [2.05, 4.69) is 9.72 Å². The highest BCUT2D eigenvalue weighted by Crippen LogP contribution is 2.37. The average molecular weight is 305 g/mol. The second kappa shape index (κ2) is 5.44. The van der Waals surface area contributed by atoms with Gasteiger partial charge in [-0.25, -0.2) is 4.79 Å². The molecule has 0 aliphatic heterocycles. The number of pyridine rings is 1. The third kappa shape index (κ3) is 2.48. The molecule has 0 atom stereocenters. The van der Waals surface area contributed by atoms with E-state index in [4.69, 9.17) is 9.52 Å². The predicted octanol–water partition coefficient (Wildman–Crippen LogP) is 3.68. The predicted molar refractivity (Wildman–Crippen MR) is 74.8 cm³/mol. The van der Waals surface area contributed by atoms with Crippen LogP contribution in [0, 0.1) is 0 Å². The van der Waals surface area contributed by atoms with Crippen LogP contribution >= 0.6 is 0 Å². The second-order valence-electron chi connectivity index (χ2n) is 4.38. The molecule has 2 heterocycles. The Balaban J connectivity index is 2.31. The molecule has 0 aliphatic carbocycles. The van der Waals surface area contributed by atoms with Crippen molar-refractivity contribution < 1.29 is 27.8 Å². The Morgan fingerprint density at radius 3 is 2.91 bits per heavy atom. The molecule has 3 aromatic rings. The number of carbonyl (C=O) groups is 1. The quantitative estimate of drug-likeness (QED) is 0.744. The zero-order valence-electron chi connectivity index (χ0n) is 11.0. The summed E-state index contributed by atoms with van der Waals surface area (Å²) in [6.07, 6.45) is 5.31. The Hall–Kier alpha value is -2.96. The third-order valence-corrected chi connectivity index (χ3v) is 3.04. The molecule has 0 fully saturated rings. The monoisotopic (exact) mass is 305 g/mol. The van der Waals surface area contributed by atoms with Gasteiger partial charge in [0, 0.05) is 23.0 Å². The number of hydrogen-bond acceptors (Lipinski definition) is 4. The van der Waals surface area contributed by atoms with E-state index in [1.54, 1.807) is 6.07 Å². The van der Waals surface area contributed by atoms with E-state index < -0.39 is 12.6 Å². The van der Waals surface area contributed by atoms with Crippen LogP contribution < -0.4 is 4.74 Å². The number of benzene rings is 1. The SMILES string of the molecule is O=C(O)/C=C/c1ccc(OC(F)F)c2oc3cnccc3c12. The minimum Gasteiger partial charge on any atom is -0.478 e. The molecule has 0 radical (unpaired) electrons. The largest absolute Gasteiger partial charge is 0.478 e. The van der Waals surface area contributed by atoms with Crippen LogP contribution in [-0.2, 0) is 4.79 Å². The smallest absolute Gasteiger partial charge is 0.387 e. The lowest BCUT2D eigenvalue weighted by Gasteiger charge is -2.06. The van der Waals surface area contributed by atoms with Gasteiger partial charge in [0.25, 0.3) is 0 Å². The van der Waals surface area contributed by atoms with Gasteiger partial charge in [0.15, 0.2) is 16.9 Å². The minimum absolute atomic E-state index is 0.117. The fourth-order valence-corrected chi connectivity index (χ4v) is 2.22. The van der Waals surface area contributed by atoms with E-state index >= 15 is 0 Å². The van der Waals surface area contributed by atoms with Crippen molar-refractivity contribution in [1.29, 1.82) is 0 Å². The lowest BCUT2D eigenvalue weighted by Crippen LogP contribution is -2.02. The Kier molecular flexibility index (Phi) is 3.46. The first-order valence-corrected chi connectivity index (χ1v) is 6.21. The number of halogens is 2. The maximum absolute atomic E-state index is 12.5. The Bertz CT molecular complexity index is 886. The Morgan fingerprint density at radius 2 is 2.18 bits per heavy atom. The molecule has 7 heteroatoms. The molecule has 0 aliphatic rings. The number of alkyl halides is 2. The fraction of sp³-hybridized carbons (Fsp3) is 0.0667. The van der Waals surface area contributed by atoms with E-state index in [0.717, 1.165) is 6.08 Å². The number of furan rings is 1. The molecule has 0 bridgehead atoms. The highest BCUT2D eigenvalue weighted by atomic mass is 19.3. The normalized spacial score (nSPS) is 11.8. The summed E-state index contributed by atoms with van der Waals surface area (Å²) in [4.78, 5) is 14.6. The number of aromatic nitrogens is 1. The van der Waals surface area contributed by atoms with Crippen molar-refractivity contribution in [1.82, 2.24) is 4.98 Å². The average Bonchev–Trinajstić information content (AvgIpc) is 2.86. The van der Waals surface area contributed by atoms with Crippen molar-refractivity contribution in [2.45, 2.75) is 6.61 Å². The molecule has 0 unspecified atom stereocenters. The van der Waals surface area contributed by atoms with Crippen LogP contribution in [0.5, 0.6) is 5.75 Å². The van der Waals surface area contributed by atoms with E-state index in [9.17, 15) is 13.6 Å². The van der Waals surface area contributed by atoms with E-state index in [1.165, 1.54) is 30.6 Å². The number of rotatable bonds is 4. The number of nitrogens with zero attached hydrogens (tertiary/aromatic N) is 1. The molecule has 0 spiro atoms. The molecule has 2 aromatic heterocycles. The summed E-state index contributed by atoms with van der Waals surface area (Å²) in [5, 5.41) is 9.87. The van der Waals surface area contributed by atoms with Gasteiger partial charge < -0.3 is 14.3 Å². The summed E-state index contributed by atoms with van der Waals surface area (Å²) >= 11 is 0. The number of ether oxygens (including phenoxy) is 1. The van der Waals surface area contributed by atoms with Gasteiger partial charge in [0.05, 0.1) is 6.20 Å². The topological polar surface area (TPSA) is 72.6 Å². The maximum atomic E-state index is 12.5. The molecule has 0 amide bonds. The van der Waals surface area contributed by atoms with Crippen molar-refractivity contribution in [3.8, 4) is 5.75 Å². The summed E-state index contributed by atoms with van der Waals surface area (Å²) in [6.45, 7) is -2.99. The number of carboxylic acid groups (broad SMARTS) is 1. The third-order valence-electron chi connectivity index (χ3n) is 3.04. The fourth-order valence-electron chi connectivity index (χ4n) is 2.22. The van der Waals surface area contributed by atoms with Gasteiger partial charge in [-0.1, -0.05) is 6.07 Å². The van der Waals surface area contributed by atoms with Crippen molar-refractivity contribution in [3.63, 3.8) is 0 Å². The number of fused-ring (bicyclic) bond motifs is 3. The van der Waals surface area contributed by atoms with Crippen LogP contribution in [0.1, 0.15) is 5.56 Å². The van der Waals surface area contributed by atoms with Crippen LogP contribution in [0.2, 0.25) is 0 Å². The van der Waals surface area contributed by atoms with Crippen LogP contribution in [0.25, 0.3) is 28.0 Å². The first-order chi connectivity index (χ1) is 10.6. The second-order valence-corrected chi connectivity index (χ2v) is 4.38. The number of hydrogen-bond donors (Lipinski definition) is 1. The number of carboxylic acids is 1. The standard InChI is InChI=1S/C15H9F2NO4/c16-15(17)22-10-3-1-8(2-4-12(19)20)13-9-5-6-18-7-11(9)21-14(10)13/h1-7,15H,(H,19,20)/b4-2+. The summed E-state index contributed by atoms with van der Waals surface area (Å²) < 4.78 is 35.0. The van der Waals surface area contributed by atoms with Crippen LogP contribution in [0.4, 0.5) is 8.78 Å². The summed E-state index contributed by atoms with van der Waals surface area (Å²) in [5.41, 5.74) is 1.03. The maximum Gasteiger partial charge on any atom is 0.387 e. The minimum atomic E-state index is -2.99. The molecule has 0 saturated carbocycles. The van der Waals surface area contributed by atoms with Crippen molar-refractivity contribution in [2.75, 3.05) is 0 Å². The van der Waals surface area contributed by atoms with E-state index in [-0.39, 0.29) is 11.3 Å². The van der Waals surface area contributed by atoms with Gasteiger partial charge in [-0.3, -0.25) is 4.98 Å². The van der Waals surface area contributed by atoms with E-state index in [0.29, 0.717) is 21.9 Å². The summed E-state index contributed by atoms with van der Waals surface area (Å²) in [5.74, 6) is -1.23. The molecule has 112 valence electrons. The Labute approximate surface area is 122 Å². The van der Waals surface area contributed by atoms with Crippen LogP contribution in [-0.4, -0.2) is 22.7 Å². The lowest BCUT2D eigenvalue weighted by atomic mass is 10.1. The zero-order valence-corrected chi connectivity index (χ0v) is 11.0. The van der Waals surface area contributed by atoms with Gasteiger partial charge in [0.2, 0.25) is 0 Å². The summed E-state index contributed by atoms with van der Waals surface area (Å²) in [7, 11) is 0. The van der Waals surface area contributed by atoms with Crippen molar-refractivity contribution in [3.05, 3.63) is 42.2 Å². The molecule has 1 aromatic carbocycles. The molecular formula is C15H9F2NO4. The van der Waals surface area contributed by atoms with Crippen molar-refractivity contribution in [2.24, 2.45) is 0 Å². The molecule has 1 N–H and O–H groups in total. The highest BCUT2D eigenvalue weighted by Gasteiger charge is 2.17. The first kappa shape index (κ1) is 14.0. The Morgan fingerprint density at radius 1 is 1.36 bits per heavy atom. The van der Waals surface area contributed by atoms with Crippen LogP contribution in [0.3, 0.4) is 0 Å². The van der Waals surface area contributed by atoms with Gasteiger partial charge in [-0.2, -0.15) is 8.78 Å². The molecule has 3 rings (SSSR count). The van der Waals surface area contributed by atoms with Gasteiger partial charge >= 0.3 is 12.6 Å². The van der Waals surface area contributed by atoms with Crippen molar-refractivity contribution >= 4 is 34.0 Å².